The van der Waals surface area contributed by atoms with E-state index in [0.717, 1.165) is 51.0 Å². The van der Waals surface area contributed by atoms with E-state index in [1.165, 1.54) is 0 Å². The van der Waals surface area contributed by atoms with Gasteiger partial charge in [0, 0.05) is 53.6 Å². The first kappa shape index (κ1) is 29.8. The molecule has 4 aromatic rings. The van der Waals surface area contributed by atoms with Crippen LogP contribution in [0.1, 0.15) is 36.5 Å². The molecule has 10 heteroatoms. The Balaban J connectivity index is 1.14. The van der Waals surface area contributed by atoms with Gasteiger partial charge in [0.25, 0.3) is 5.91 Å². The minimum atomic E-state index is -0.0408. The minimum Gasteiger partial charge on any atom is -0.497 e. The first-order valence-electron chi connectivity index (χ1n) is 14.1. The summed E-state index contributed by atoms with van der Waals surface area (Å²) in [6, 6.07) is 25.3. The predicted molar refractivity (Wildman–Crippen MR) is 169 cm³/mol. The number of carbonyl (C=O) groups excluding carboxylic acids is 2. The number of methoxy groups -OCH3 is 1. The molecule has 0 bridgehead atoms. The van der Waals surface area contributed by atoms with Crippen LogP contribution < -0.4 is 4.74 Å². The largest absolute Gasteiger partial charge is 0.497 e. The smallest absolute Gasteiger partial charge is 0.255 e. The molecule has 2 amide bonds. The summed E-state index contributed by atoms with van der Waals surface area (Å²) in [6.07, 6.45) is 2.16. The van der Waals surface area contributed by atoms with E-state index >= 15 is 0 Å². The molecule has 0 spiro atoms. The third-order valence-electron chi connectivity index (χ3n) is 7.36. The van der Waals surface area contributed by atoms with Crippen molar-refractivity contribution in [3.05, 3.63) is 88.9 Å². The van der Waals surface area contributed by atoms with E-state index in [1.807, 2.05) is 95.6 Å². The van der Waals surface area contributed by atoms with Crippen molar-refractivity contribution < 1.29 is 14.3 Å². The number of aromatic nitrogens is 3. The molecule has 1 aromatic heterocycles. The highest BCUT2D eigenvalue weighted by molar-refractivity contribution is 9.10. The second-order valence-electron chi connectivity index (χ2n) is 10.2. The highest BCUT2D eigenvalue weighted by atomic mass is 79.9. The van der Waals surface area contributed by atoms with Gasteiger partial charge >= 0.3 is 0 Å². The fourth-order valence-corrected chi connectivity index (χ4v) is 6.48. The number of amides is 2. The highest BCUT2D eigenvalue weighted by Gasteiger charge is 2.30. The molecule has 1 unspecified atom stereocenters. The number of unbranched alkanes of at least 4 members (excludes halogenated alkanes) is 1. The number of rotatable bonds is 10. The summed E-state index contributed by atoms with van der Waals surface area (Å²) in [5.41, 5.74) is 2.61. The number of hydrogen-bond acceptors (Lipinski definition) is 6. The normalized spacial score (nSPS) is 15.1. The zero-order valence-electron chi connectivity index (χ0n) is 23.8. The average molecular weight is 649 g/mol. The number of carbonyl (C=O) groups is 2. The van der Waals surface area contributed by atoms with Crippen LogP contribution in [0.4, 0.5) is 0 Å². The summed E-state index contributed by atoms with van der Waals surface area (Å²) in [4.78, 5) is 29.8. The van der Waals surface area contributed by atoms with E-state index in [2.05, 4.69) is 30.7 Å². The maximum absolute atomic E-state index is 13.1. The first-order chi connectivity index (χ1) is 20.5. The Morgan fingerprint density at radius 1 is 0.952 bits per heavy atom. The number of piperazine rings is 1. The Morgan fingerprint density at radius 3 is 2.40 bits per heavy atom. The Labute approximate surface area is 259 Å². The molecule has 0 radical (unpaired) electrons. The van der Waals surface area contributed by atoms with Gasteiger partial charge in [0.1, 0.15) is 5.75 Å². The van der Waals surface area contributed by atoms with Crippen LogP contribution in [0, 0.1) is 0 Å². The van der Waals surface area contributed by atoms with Crippen molar-refractivity contribution in [3.8, 4) is 22.8 Å². The summed E-state index contributed by atoms with van der Waals surface area (Å²) >= 11 is 5.12. The quantitative estimate of drug-likeness (QED) is 0.148. The predicted octanol–water partition coefficient (Wildman–Crippen LogP) is 6.34. The number of benzene rings is 3. The molecule has 0 aliphatic carbocycles. The molecule has 1 aliphatic heterocycles. The molecule has 42 heavy (non-hydrogen) atoms. The SMILES string of the molecule is COc1ccc(-n2c(SCCCCC(=O)N3CCN(C(=O)c4ccccc4Br)C(C)C3)nnc2-c2ccccc2)cc1. The lowest BCUT2D eigenvalue weighted by molar-refractivity contribution is -0.133. The molecular weight excluding hydrogens is 614 g/mol. The number of thioether (sulfide) groups is 1. The molecule has 1 aliphatic rings. The lowest BCUT2D eigenvalue weighted by Gasteiger charge is -2.40. The van der Waals surface area contributed by atoms with Gasteiger partial charge in [-0.3, -0.25) is 14.2 Å². The molecule has 5 rings (SSSR count). The van der Waals surface area contributed by atoms with Crippen LogP contribution in [0.5, 0.6) is 5.75 Å². The number of ether oxygens (including phenoxy) is 1. The molecular formula is C32H34BrN5O3S. The molecule has 0 N–H and O–H groups in total. The summed E-state index contributed by atoms with van der Waals surface area (Å²) in [5.74, 6) is 2.54. The zero-order valence-corrected chi connectivity index (χ0v) is 26.2. The third-order valence-corrected chi connectivity index (χ3v) is 9.06. The maximum atomic E-state index is 13.1. The standard InChI is InChI=1S/C32H34BrN5O3S/c1-23-22-36(19-20-37(23)31(40)27-12-6-7-13-28(27)33)29(39)14-8-9-21-42-32-35-34-30(24-10-4-3-5-11-24)38(32)25-15-17-26(41-2)18-16-25/h3-7,10-13,15-18,23H,8-9,14,19-22H2,1-2H3. The summed E-state index contributed by atoms with van der Waals surface area (Å²) < 4.78 is 8.19. The van der Waals surface area contributed by atoms with Crippen molar-refractivity contribution in [2.45, 2.75) is 37.4 Å². The van der Waals surface area contributed by atoms with E-state index in [-0.39, 0.29) is 17.9 Å². The van der Waals surface area contributed by atoms with Crippen LogP contribution in [-0.4, -0.2) is 74.9 Å². The Morgan fingerprint density at radius 2 is 1.69 bits per heavy atom. The van der Waals surface area contributed by atoms with Crippen LogP contribution in [0.25, 0.3) is 17.1 Å². The number of halogens is 1. The van der Waals surface area contributed by atoms with Crippen LogP contribution in [0.15, 0.2) is 88.5 Å². The van der Waals surface area contributed by atoms with Crippen LogP contribution >= 0.6 is 27.7 Å². The molecule has 3 aromatic carbocycles. The highest BCUT2D eigenvalue weighted by Crippen LogP contribution is 2.29. The van der Waals surface area contributed by atoms with Crippen molar-refractivity contribution >= 4 is 39.5 Å². The van der Waals surface area contributed by atoms with Crippen LogP contribution in [0.3, 0.4) is 0 Å². The Kier molecular flexibility index (Phi) is 9.97. The van der Waals surface area contributed by atoms with Crippen molar-refractivity contribution in [2.24, 2.45) is 0 Å². The summed E-state index contributed by atoms with van der Waals surface area (Å²) in [5, 5.41) is 9.83. The molecule has 218 valence electrons. The third kappa shape index (κ3) is 6.87. The fourth-order valence-electron chi connectivity index (χ4n) is 5.08. The van der Waals surface area contributed by atoms with Crippen molar-refractivity contribution in [2.75, 3.05) is 32.5 Å². The monoisotopic (exact) mass is 647 g/mol. The van der Waals surface area contributed by atoms with Gasteiger partial charge in [0.2, 0.25) is 5.91 Å². The molecule has 0 saturated carbocycles. The van der Waals surface area contributed by atoms with Gasteiger partial charge in [-0.2, -0.15) is 0 Å². The molecule has 1 atom stereocenters. The molecule has 8 nitrogen and oxygen atoms in total. The van der Waals surface area contributed by atoms with E-state index in [1.54, 1.807) is 18.9 Å². The Hall–Kier alpha value is -3.63. The van der Waals surface area contributed by atoms with Crippen molar-refractivity contribution in [1.82, 2.24) is 24.6 Å². The summed E-state index contributed by atoms with van der Waals surface area (Å²) in [7, 11) is 1.65. The van der Waals surface area contributed by atoms with Gasteiger partial charge in [-0.05, 0) is 72.1 Å². The maximum Gasteiger partial charge on any atom is 0.255 e. The van der Waals surface area contributed by atoms with Crippen molar-refractivity contribution in [3.63, 3.8) is 0 Å². The second kappa shape index (κ2) is 14.0. The number of nitrogens with zero attached hydrogens (tertiary/aromatic N) is 5. The second-order valence-corrected chi connectivity index (χ2v) is 12.1. The lowest BCUT2D eigenvalue weighted by atomic mass is 10.1. The average Bonchev–Trinajstić information content (AvgIpc) is 3.45. The molecule has 1 saturated heterocycles. The van der Waals surface area contributed by atoms with Gasteiger partial charge in [0.05, 0.1) is 12.7 Å². The van der Waals surface area contributed by atoms with E-state index in [4.69, 9.17) is 4.74 Å². The van der Waals surface area contributed by atoms with Gasteiger partial charge in [-0.1, -0.05) is 54.2 Å². The fraction of sp³-hybridized carbons (Fsp3) is 0.312. The van der Waals surface area contributed by atoms with Crippen molar-refractivity contribution in [1.29, 1.82) is 0 Å². The number of hydrogen-bond donors (Lipinski definition) is 0. The zero-order chi connectivity index (χ0) is 29.5. The van der Waals surface area contributed by atoms with E-state index in [9.17, 15) is 9.59 Å². The Bertz CT molecular complexity index is 1510. The van der Waals surface area contributed by atoms with E-state index < -0.39 is 0 Å². The topological polar surface area (TPSA) is 80.6 Å². The molecule has 1 fully saturated rings. The van der Waals surface area contributed by atoms with Crippen LogP contribution in [0.2, 0.25) is 0 Å². The van der Waals surface area contributed by atoms with E-state index in [0.29, 0.717) is 31.6 Å². The lowest BCUT2D eigenvalue weighted by Crippen LogP contribution is -2.55. The summed E-state index contributed by atoms with van der Waals surface area (Å²) in [6.45, 7) is 3.65. The van der Waals surface area contributed by atoms with Gasteiger partial charge < -0.3 is 14.5 Å². The first-order valence-corrected chi connectivity index (χ1v) is 15.9. The molecule has 2 heterocycles. The van der Waals surface area contributed by atoms with Gasteiger partial charge in [-0.25, -0.2) is 0 Å². The van der Waals surface area contributed by atoms with Gasteiger partial charge in [0.15, 0.2) is 11.0 Å². The van der Waals surface area contributed by atoms with Crippen LogP contribution in [-0.2, 0) is 4.79 Å². The van der Waals surface area contributed by atoms with Gasteiger partial charge in [-0.15, -0.1) is 10.2 Å². The minimum absolute atomic E-state index is 0.00277.